The van der Waals surface area contributed by atoms with Crippen LogP contribution in [-0.2, 0) is 6.42 Å². The van der Waals surface area contributed by atoms with Crippen molar-refractivity contribution in [3.63, 3.8) is 0 Å². The molecule has 0 spiro atoms. The number of para-hydroxylation sites is 1. The number of hydrogen-bond acceptors (Lipinski definition) is 6. The third-order valence-corrected chi connectivity index (χ3v) is 5.98. The van der Waals surface area contributed by atoms with Gasteiger partial charge in [0.25, 0.3) is 11.8 Å². The van der Waals surface area contributed by atoms with Gasteiger partial charge in [0.2, 0.25) is 0 Å². The number of pyridine rings is 1. The molecule has 8 nitrogen and oxygen atoms in total. The number of carbonyl (C=O) groups excluding carboxylic acids is 2. The molecule has 0 bridgehead atoms. The largest absolute Gasteiger partial charge is 0.497 e. The molecule has 2 aromatic heterocycles. The van der Waals surface area contributed by atoms with Crippen LogP contribution in [0.15, 0.2) is 70.2 Å². The Morgan fingerprint density at radius 2 is 1.89 bits per heavy atom. The molecule has 0 fully saturated rings. The normalized spacial score (nSPS) is 13.9. The van der Waals surface area contributed by atoms with Crippen LogP contribution in [0, 0.1) is 6.92 Å². The van der Waals surface area contributed by atoms with Crippen LogP contribution in [0.25, 0.3) is 10.9 Å². The Hall–Kier alpha value is -4.46. The van der Waals surface area contributed by atoms with Crippen molar-refractivity contribution < 1.29 is 18.7 Å². The van der Waals surface area contributed by atoms with Gasteiger partial charge in [-0.3, -0.25) is 9.59 Å². The summed E-state index contributed by atoms with van der Waals surface area (Å²) >= 11 is 0. The van der Waals surface area contributed by atoms with E-state index in [2.05, 4.69) is 20.8 Å². The number of methoxy groups -OCH3 is 1. The molecule has 4 aromatic rings. The van der Waals surface area contributed by atoms with E-state index in [9.17, 15) is 9.59 Å². The molecule has 2 N–H and O–H groups in total. The second-order valence-electron chi connectivity index (χ2n) is 8.28. The van der Waals surface area contributed by atoms with Gasteiger partial charge in [-0.2, -0.15) is 5.10 Å². The highest BCUT2D eigenvalue weighted by Crippen LogP contribution is 2.30. The molecular formula is C27H24N4O4. The zero-order valence-electron chi connectivity index (χ0n) is 19.4. The average molecular weight is 469 g/mol. The molecule has 0 saturated heterocycles. The standard InChI is InChI=1S/C27H24N4O4/c1-16-24-21(30-31-26(32)22-14-13-17-7-3-4-10-20(17)29-22)11-6-12-23(24)35-25(16)27(33)28-18-8-5-9-19(15-18)34-2/h3-5,7-10,13-15H,6,11-12H2,1-2H3,(H,28,33)(H,31,32)/b30-21+. The van der Waals surface area contributed by atoms with Gasteiger partial charge in [-0.15, -0.1) is 0 Å². The van der Waals surface area contributed by atoms with E-state index in [1.165, 1.54) is 0 Å². The summed E-state index contributed by atoms with van der Waals surface area (Å²) in [7, 11) is 1.57. The maximum absolute atomic E-state index is 13.0. The molecule has 0 atom stereocenters. The van der Waals surface area contributed by atoms with Crippen molar-refractivity contribution in [1.29, 1.82) is 0 Å². The first-order chi connectivity index (χ1) is 17.0. The SMILES string of the molecule is COc1cccc(NC(=O)c2oc3c(c2C)/C(=N/NC(=O)c2ccc4ccccc4n2)CCC3)c1. The molecule has 1 aliphatic carbocycles. The molecule has 35 heavy (non-hydrogen) atoms. The Kier molecular flexibility index (Phi) is 6.01. The molecule has 0 aliphatic heterocycles. The summed E-state index contributed by atoms with van der Waals surface area (Å²) in [5, 5.41) is 8.20. The van der Waals surface area contributed by atoms with Gasteiger partial charge < -0.3 is 14.5 Å². The lowest BCUT2D eigenvalue weighted by molar-refractivity contribution is 0.0949. The van der Waals surface area contributed by atoms with Gasteiger partial charge in [-0.25, -0.2) is 10.4 Å². The van der Waals surface area contributed by atoms with E-state index >= 15 is 0 Å². The van der Waals surface area contributed by atoms with Crippen molar-refractivity contribution in [1.82, 2.24) is 10.4 Å². The zero-order valence-corrected chi connectivity index (χ0v) is 19.4. The van der Waals surface area contributed by atoms with Crippen LogP contribution >= 0.6 is 0 Å². The molecule has 5 rings (SSSR count). The first kappa shape index (κ1) is 22.3. The molecule has 8 heteroatoms. The first-order valence-corrected chi connectivity index (χ1v) is 11.3. The fourth-order valence-corrected chi connectivity index (χ4v) is 4.25. The number of carbonyl (C=O) groups is 2. The number of nitrogens with zero attached hydrogens (tertiary/aromatic N) is 2. The van der Waals surface area contributed by atoms with E-state index in [-0.39, 0.29) is 17.4 Å². The Labute approximate surface area is 202 Å². The van der Waals surface area contributed by atoms with E-state index < -0.39 is 5.91 Å². The topological polar surface area (TPSA) is 106 Å². The van der Waals surface area contributed by atoms with Crippen molar-refractivity contribution >= 4 is 34.1 Å². The second-order valence-corrected chi connectivity index (χ2v) is 8.28. The van der Waals surface area contributed by atoms with Crippen molar-refractivity contribution in [2.45, 2.75) is 26.2 Å². The van der Waals surface area contributed by atoms with E-state index in [1.807, 2.05) is 37.3 Å². The maximum Gasteiger partial charge on any atom is 0.291 e. The van der Waals surface area contributed by atoms with E-state index in [4.69, 9.17) is 9.15 Å². The van der Waals surface area contributed by atoms with Crippen LogP contribution in [-0.4, -0.2) is 29.6 Å². The number of anilines is 1. The smallest absolute Gasteiger partial charge is 0.291 e. The van der Waals surface area contributed by atoms with E-state index in [0.29, 0.717) is 41.3 Å². The highest BCUT2D eigenvalue weighted by molar-refractivity contribution is 6.09. The summed E-state index contributed by atoms with van der Waals surface area (Å²) < 4.78 is 11.2. The van der Waals surface area contributed by atoms with Gasteiger partial charge in [0.05, 0.1) is 18.3 Å². The van der Waals surface area contributed by atoms with Crippen molar-refractivity contribution in [3.05, 3.63) is 89.0 Å². The number of furan rings is 1. The van der Waals surface area contributed by atoms with Gasteiger partial charge in [-0.05, 0) is 44.0 Å². The number of rotatable bonds is 5. The van der Waals surface area contributed by atoms with Crippen molar-refractivity contribution in [3.8, 4) is 5.75 Å². The fraction of sp³-hybridized carbons (Fsp3) is 0.185. The van der Waals surface area contributed by atoms with Crippen LogP contribution in [0.1, 0.15) is 50.8 Å². The number of ether oxygens (including phenoxy) is 1. The average Bonchev–Trinajstić information content (AvgIpc) is 3.24. The van der Waals surface area contributed by atoms with Crippen molar-refractivity contribution in [2.24, 2.45) is 5.10 Å². The van der Waals surface area contributed by atoms with E-state index in [0.717, 1.165) is 22.9 Å². The molecule has 0 radical (unpaired) electrons. The fourth-order valence-electron chi connectivity index (χ4n) is 4.25. The molecular weight excluding hydrogens is 444 g/mol. The van der Waals surface area contributed by atoms with Gasteiger partial charge in [0, 0.05) is 34.7 Å². The summed E-state index contributed by atoms with van der Waals surface area (Å²) in [4.78, 5) is 30.1. The van der Waals surface area contributed by atoms with Gasteiger partial charge in [0.1, 0.15) is 17.2 Å². The number of benzene rings is 2. The number of hydrogen-bond donors (Lipinski definition) is 2. The quantitative estimate of drug-likeness (QED) is 0.407. The lowest BCUT2D eigenvalue weighted by atomic mass is 9.93. The minimum atomic E-state index is -0.396. The van der Waals surface area contributed by atoms with Crippen LogP contribution < -0.4 is 15.5 Å². The minimum absolute atomic E-state index is 0.231. The van der Waals surface area contributed by atoms with E-state index in [1.54, 1.807) is 37.4 Å². The predicted octanol–water partition coefficient (Wildman–Crippen LogP) is 4.87. The molecule has 2 amide bonds. The van der Waals surface area contributed by atoms with Gasteiger partial charge >= 0.3 is 0 Å². The second kappa shape index (κ2) is 9.42. The Morgan fingerprint density at radius 3 is 2.74 bits per heavy atom. The number of amides is 2. The Balaban J connectivity index is 1.37. The minimum Gasteiger partial charge on any atom is -0.497 e. The lowest BCUT2D eigenvalue weighted by Crippen LogP contribution is -2.23. The molecule has 2 heterocycles. The molecule has 0 saturated carbocycles. The first-order valence-electron chi connectivity index (χ1n) is 11.3. The van der Waals surface area contributed by atoms with Crippen LogP contribution in [0.4, 0.5) is 5.69 Å². The van der Waals surface area contributed by atoms with Gasteiger partial charge in [-0.1, -0.05) is 30.3 Å². The Morgan fingerprint density at radius 1 is 1.03 bits per heavy atom. The highest BCUT2D eigenvalue weighted by atomic mass is 16.5. The van der Waals surface area contributed by atoms with Crippen LogP contribution in [0.2, 0.25) is 0 Å². The summed E-state index contributed by atoms with van der Waals surface area (Å²) in [6.07, 6.45) is 2.16. The summed E-state index contributed by atoms with van der Waals surface area (Å²) in [6.45, 7) is 1.83. The monoisotopic (exact) mass is 468 g/mol. The number of aryl methyl sites for hydroxylation is 1. The summed E-state index contributed by atoms with van der Waals surface area (Å²) in [5.41, 5.74) is 6.40. The summed E-state index contributed by atoms with van der Waals surface area (Å²) in [5.74, 6) is 0.821. The highest BCUT2D eigenvalue weighted by Gasteiger charge is 2.28. The van der Waals surface area contributed by atoms with Crippen LogP contribution in [0.3, 0.4) is 0 Å². The number of hydrazone groups is 1. The Bertz CT molecular complexity index is 1470. The third kappa shape index (κ3) is 4.50. The van der Waals surface area contributed by atoms with Gasteiger partial charge in [0.15, 0.2) is 5.76 Å². The maximum atomic E-state index is 13.0. The summed E-state index contributed by atoms with van der Waals surface area (Å²) in [6, 6.07) is 18.3. The number of fused-ring (bicyclic) bond motifs is 2. The molecule has 1 aliphatic rings. The number of aromatic nitrogens is 1. The molecule has 176 valence electrons. The lowest BCUT2D eigenvalue weighted by Gasteiger charge is -2.13. The predicted molar refractivity (Wildman–Crippen MR) is 133 cm³/mol. The number of nitrogens with one attached hydrogen (secondary N) is 2. The molecule has 2 aromatic carbocycles. The van der Waals surface area contributed by atoms with Crippen molar-refractivity contribution in [2.75, 3.05) is 12.4 Å². The van der Waals surface area contributed by atoms with Crippen LogP contribution in [0.5, 0.6) is 5.75 Å². The zero-order chi connectivity index (χ0) is 24.4. The molecule has 0 unspecified atom stereocenters. The third-order valence-electron chi connectivity index (χ3n) is 5.98.